The number of ether oxygens (including phenoxy) is 1. The number of hydrogen-bond acceptors (Lipinski definition) is 7. The average molecular weight is 433 g/mol. The van der Waals surface area contributed by atoms with Crippen molar-refractivity contribution in [3.63, 3.8) is 0 Å². The number of benzene rings is 2. The van der Waals surface area contributed by atoms with Crippen molar-refractivity contribution in [3.8, 4) is 11.5 Å². The normalized spacial score (nSPS) is 17.3. The van der Waals surface area contributed by atoms with Crippen molar-refractivity contribution in [2.45, 2.75) is 26.3 Å². The van der Waals surface area contributed by atoms with Gasteiger partial charge in [0.1, 0.15) is 11.3 Å². The summed E-state index contributed by atoms with van der Waals surface area (Å²) < 4.78 is 12.4. The van der Waals surface area contributed by atoms with Gasteiger partial charge in [-0.05, 0) is 24.6 Å². The quantitative estimate of drug-likeness (QED) is 0.494. The number of nitrogens with one attached hydrogen (secondary N) is 1. The van der Waals surface area contributed by atoms with E-state index in [4.69, 9.17) is 9.15 Å². The van der Waals surface area contributed by atoms with E-state index in [0.717, 1.165) is 61.6 Å². The lowest BCUT2D eigenvalue weighted by molar-refractivity contribution is 0.227. The molecule has 0 aliphatic carbocycles. The van der Waals surface area contributed by atoms with Crippen molar-refractivity contribution in [3.05, 3.63) is 53.3 Å². The van der Waals surface area contributed by atoms with Crippen molar-refractivity contribution in [2.24, 2.45) is 10.2 Å². The first-order chi connectivity index (χ1) is 15.7. The molecular formula is C25H28N4O3. The number of nitrogens with zero attached hydrogens (tertiary/aromatic N) is 3. The second-order valence-electron chi connectivity index (χ2n) is 8.21. The van der Waals surface area contributed by atoms with E-state index in [1.807, 2.05) is 36.4 Å². The highest BCUT2D eigenvalue weighted by Crippen LogP contribution is 2.42. The Bertz CT molecular complexity index is 1180. The van der Waals surface area contributed by atoms with Crippen LogP contribution in [0.2, 0.25) is 0 Å². The molecule has 1 fully saturated rings. The lowest BCUT2D eigenvalue weighted by Crippen LogP contribution is -2.42. The van der Waals surface area contributed by atoms with Crippen molar-refractivity contribution >= 4 is 28.4 Å². The number of piperazine rings is 1. The summed E-state index contributed by atoms with van der Waals surface area (Å²) in [6, 6.07) is 11.6. The summed E-state index contributed by atoms with van der Waals surface area (Å²) >= 11 is 0. The second-order valence-corrected chi connectivity index (χ2v) is 8.21. The van der Waals surface area contributed by atoms with Gasteiger partial charge in [0.25, 0.3) is 0 Å². The SMILES string of the molecule is CCCCOc1ccc2c(O)c(C=C3N=Nc4ccccc43)oc2c1CN1CCNCC1. The molecule has 166 valence electrons. The van der Waals surface area contributed by atoms with E-state index in [9.17, 15) is 5.11 Å². The van der Waals surface area contributed by atoms with E-state index >= 15 is 0 Å². The van der Waals surface area contributed by atoms with E-state index in [2.05, 4.69) is 27.4 Å². The maximum absolute atomic E-state index is 11.0. The van der Waals surface area contributed by atoms with Crippen LogP contribution in [0.4, 0.5) is 5.69 Å². The Morgan fingerprint density at radius 1 is 1.16 bits per heavy atom. The summed E-state index contributed by atoms with van der Waals surface area (Å²) in [7, 11) is 0. The first-order valence-electron chi connectivity index (χ1n) is 11.3. The molecule has 2 aliphatic heterocycles. The Morgan fingerprint density at radius 2 is 2.00 bits per heavy atom. The zero-order chi connectivity index (χ0) is 21.9. The van der Waals surface area contributed by atoms with E-state index in [1.165, 1.54) is 0 Å². The van der Waals surface area contributed by atoms with Gasteiger partial charge in [-0.25, -0.2) is 0 Å². The van der Waals surface area contributed by atoms with Crippen LogP contribution in [0.25, 0.3) is 22.7 Å². The predicted octanol–water partition coefficient (Wildman–Crippen LogP) is 5.32. The molecule has 1 saturated heterocycles. The van der Waals surface area contributed by atoms with Crippen molar-refractivity contribution in [2.75, 3.05) is 32.8 Å². The first kappa shape index (κ1) is 20.7. The van der Waals surface area contributed by atoms with Gasteiger partial charge in [0, 0.05) is 44.4 Å². The highest BCUT2D eigenvalue weighted by molar-refractivity contribution is 5.95. The third-order valence-corrected chi connectivity index (χ3v) is 5.98. The molecule has 7 nitrogen and oxygen atoms in total. The van der Waals surface area contributed by atoms with Gasteiger partial charge in [-0.15, -0.1) is 10.2 Å². The molecule has 2 N–H and O–H groups in total. The van der Waals surface area contributed by atoms with Gasteiger partial charge >= 0.3 is 0 Å². The largest absolute Gasteiger partial charge is 0.504 e. The van der Waals surface area contributed by atoms with Gasteiger partial charge < -0.3 is 19.6 Å². The van der Waals surface area contributed by atoms with Crippen molar-refractivity contribution in [1.82, 2.24) is 10.2 Å². The van der Waals surface area contributed by atoms with E-state index in [1.54, 1.807) is 6.08 Å². The first-order valence-corrected chi connectivity index (χ1v) is 11.3. The minimum absolute atomic E-state index is 0.119. The van der Waals surface area contributed by atoms with Gasteiger partial charge in [0.15, 0.2) is 11.5 Å². The molecule has 0 saturated carbocycles. The highest BCUT2D eigenvalue weighted by Gasteiger charge is 2.23. The molecule has 0 atom stereocenters. The molecular weight excluding hydrogens is 404 g/mol. The van der Waals surface area contributed by atoms with Crippen LogP contribution in [0.15, 0.2) is 51.0 Å². The molecule has 1 aromatic heterocycles. The van der Waals surface area contributed by atoms with Gasteiger partial charge in [0.2, 0.25) is 0 Å². The summed E-state index contributed by atoms with van der Waals surface area (Å²) in [5.41, 5.74) is 4.08. The number of hydrogen-bond donors (Lipinski definition) is 2. The number of azo groups is 1. The van der Waals surface area contributed by atoms with E-state index < -0.39 is 0 Å². The number of rotatable bonds is 7. The number of fused-ring (bicyclic) bond motifs is 2. The summed E-state index contributed by atoms with van der Waals surface area (Å²) in [5.74, 6) is 1.33. The molecule has 2 aromatic carbocycles. The van der Waals surface area contributed by atoms with Crippen molar-refractivity contribution in [1.29, 1.82) is 0 Å². The molecule has 5 rings (SSSR count). The predicted molar refractivity (Wildman–Crippen MR) is 125 cm³/mol. The van der Waals surface area contributed by atoms with Crippen LogP contribution in [-0.4, -0.2) is 42.8 Å². The van der Waals surface area contributed by atoms with Crippen LogP contribution in [0.5, 0.6) is 11.5 Å². The molecule has 0 bridgehead atoms. The van der Waals surface area contributed by atoms with E-state index in [0.29, 0.717) is 35.6 Å². The molecule has 2 aliphatic rings. The van der Waals surface area contributed by atoms with Crippen LogP contribution < -0.4 is 10.1 Å². The molecule has 0 unspecified atom stereocenters. The van der Waals surface area contributed by atoms with Crippen molar-refractivity contribution < 1.29 is 14.3 Å². The van der Waals surface area contributed by atoms with Crippen LogP contribution in [0, 0.1) is 0 Å². The zero-order valence-corrected chi connectivity index (χ0v) is 18.3. The monoisotopic (exact) mass is 432 g/mol. The van der Waals surface area contributed by atoms with Crippen LogP contribution >= 0.6 is 0 Å². The second kappa shape index (κ2) is 9.14. The Balaban J connectivity index is 1.55. The minimum Gasteiger partial charge on any atom is -0.504 e. The average Bonchev–Trinajstić information content (AvgIpc) is 3.37. The van der Waals surface area contributed by atoms with Crippen LogP contribution in [0.3, 0.4) is 0 Å². The standard InChI is InChI=1S/C25H28N4O3/c1-2-3-14-31-22-9-8-18-24(30)23(15-21-17-6-4-5-7-20(17)27-28-21)32-25(18)19(22)16-29-12-10-26-11-13-29/h4-9,15,26,30H,2-3,10-14,16H2,1H3. The number of furan rings is 1. The van der Waals surface area contributed by atoms with Gasteiger partial charge in [-0.3, -0.25) is 4.90 Å². The Labute approximate surface area is 187 Å². The molecule has 32 heavy (non-hydrogen) atoms. The van der Waals surface area contributed by atoms with E-state index in [-0.39, 0.29) is 5.75 Å². The molecule has 0 amide bonds. The fourth-order valence-corrected chi connectivity index (χ4v) is 4.18. The lowest BCUT2D eigenvalue weighted by Gasteiger charge is -2.27. The third kappa shape index (κ3) is 4.01. The Morgan fingerprint density at radius 3 is 2.84 bits per heavy atom. The topological polar surface area (TPSA) is 82.6 Å². The fraction of sp³-hybridized carbons (Fsp3) is 0.360. The summed E-state index contributed by atoms with van der Waals surface area (Å²) in [6.45, 7) is 7.39. The molecule has 7 heteroatoms. The molecule has 0 spiro atoms. The number of aromatic hydroxyl groups is 1. The summed E-state index contributed by atoms with van der Waals surface area (Å²) in [6.07, 6.45) is 3.83. The molecule has 3 heterocycles. The third-order valence-electron chi connectivity index (χ3n) is 5.98. The van der Waals surface area contributed by atoms with Gasteiger partial charge in [0.05, 0.1) is 28.9 Å². The highest BCUT2D eigenvalue weighted by atomic mass is 16.5. The van der Waals surface area contributed by atoms with Crippen LogP contribution in [-0.2, 0) is 6.54 Å². The smallest absolute Gasteiger partial charge is 0.172 e. The van der Waals surface area contributed by atoms with Gasteiger partial charge in [-0.2, -0.15) is 0 Å². The summed E-state index contributed by atoms with van der Waals surface area (Å²) in [5, 5.41) is 23.5. The molecule has 0 radical (unpaired) electrons. The number of unbranched alkanes of at least 4 members (excludes halogenated alkanes) is 1. The maximum atomic E-state index is 11.0. The minimum atomic E-state index is 0.119. The van der Waals surface area contributed by atoms with Gasteiger partial charge in [-0.1, -0.05) is 31.5 Å². The molecule has 3 aromatic rings. The fourth-order valence-electron chi connectivity index (χ4n) is 4.18. The maximum Gasteiger partial charge on any atom is 0.172 e. The summed E-state index contributed by atoms with van der Waals surface area (Å²) in [4.78, 5) is 2.39. The lowest BCUT2D eigenvalue weighted by atomic mass is 10.1. The zero-order valence-electron chi connectivity index (χ0n) is 18.3. The Kier molecular flexibility index (Phi) is 5.92. The Hall–Kier alpha value is -3.16. The van der Waals surface area contributed by atoms with Crippen LogP contribution in [0.1, 0.15) is 36.7 Å².